The van der Waals surface area contributed by atoms with Crippen molar-refractivity contribution in [2.45, 2.75) is 32.8 Å². The van der Waals surface area contributed by atoms with Crippen LogP contribution in [0.4, 0.5) is 5.69 Å². The normalized spacial score (nSPS) is 17.7. The average Bonchev–Trinajstić information content (AvgIpc) is 3.16. The van der Waals surface area contributed by atoms with Gasteiger partial charge in [-0.2, -0.15) is 0 Å². The highest BCUT2D eigenvalue weighted by Crippen LogP contribution is 2.58. The first-order valence-electron chi connectivity index (χ1n) is 12.5. The molecule has 1 unspecified atom stereocenters. The van der Waals surface area contributed by atoms with Crippen LogP contribution in [0.3, 0.4) is 0 Å². The predicted octanol–water partition coefficient (Wildman–Crippen LogP) is 7.28. The lowest BCUT2D eigenvalue weighted by molar-refractivity contribution is 0.0229. The molecule has 0 fully saturated rings. The minimum Gasteiger partial charge on any atom is -0.456 e. The summed E-state index contributed by atoms with van der Waals surface area (Å²) in [5.74, 6) is 1.79. The lowest BCUT2D eigenvalue weighted by Crippen LogP contribution is -2.33. The lowest BCUT2D eigenvalue weighted by Gasteiger charge is -2.38. The van der Waals surface area contributed by atoms with Gasteiger partial charge in [0.1, 0.15) is 11.5 Å². The topological polar surface area (TPSA) is 38.8 Å². The highest BCUT2D eigenvalue weighted by molar-refractivity contribution is 6.00. The van der Waals surface area contributed by atoms with Crippen molar-refractivity contribution in [3.63, 3.8) is 0 Å². The van der Waals surface area contributed by atoms with Crippen LogP contribution in [0.15, 0.2) is 78.9 Å². The number of carbonyl (C=O) groups is 1. The fraction of sp³-hybridized carbons (Fsp3) is 0.258. The van der Waals surface area contributed by atoms with Crippen molar-refractivity contribution < 1.29 is 14.3 Å². The van der Waals surface area contributed by atoms with Crippen molar-refractivity contribution in [1.82, 2.24) is 0 Å². The summed E-state index contributed by atoms with van der Waals surface area (Å²) in [7, 11) is 0. The quantitative estimate of drug-likeness (QED) is 0.292. The number of nitrogens with zero attached hydrogens (tertiary/aromatic N) is 1. The molecule has 35 heavy (non-hydrogen) atoms. The summed E-state index contributed by atoms with van der Waals surface area (Å²) in [6, 6.07) is 26.3. The Labute approximate surface area is 206 Å². The second-order valence-electron chi connectivity index (χ2n) is 9.82. The summed E-state index contributed by atoms with van der Waals surface area (Å²) in [5.41, 5.74) is 3.29. The van der Waals surface area contributed by atoms with E-state index >= 15 is 0 Å². The van der Waals surface area contributed by atoms with Gasteiger partial charge in [0.25, 0.3) is 0 Å². The molecule has 4 aromatic carbocycles. The Morgan fingerprint density at radius 3 is 2.51 bits per heavy atom. The SMILES string of the molecule is CCN(CCC(C)C)c1ccc2c(c1)Oc1ccc3ccccc3c1C21OC(=O)c2ccccc21. The second-order valence-corrected chi connectivity index (χ2v) is 9.82. The molecule has 0 aromatic heterocycles. The molecular weight excluding hydrogens is 434 g/mol. The molecule has 2 aliphatic heterocycles. The van der Waals surface area contributed by atoms with E-state index in [-0.39, 0.29) is 5.97 Å². The molecule has 1 atom stereocenters. The van der Waals surface area contributed by atoms with Crippen molar-refractivity contribution in [2.75, 3.05) is 18.0 Å². The maximum absolute atomic E-state index is 13.2. The number of ether oxygens (including phenoxy) is 2. The Balaban J connectivity index is 1.60. The number of benzene rings is 4. The number of carbonyl (C=O) groups excluding carboxylic acids is 1. The number of fused-ring (bicyclic) bond motifs is 8. The highest BCUT2D eigenvalue weighted by Gasteiger charge is 2.54. The van der Waals surface area contributed by atoms with Gasteiger partial charge in [0.05, 0.1) is 11.1 Å². The molecule has 0 aliphatic carbocycles. The van der Waals surface area contributed by atoms with E-state index in [1.165, 1.54) is 0 Å². The van der Waals surface area contributed by atoms with Crippen LogP contribution >= 0.6 is 0 Å². The van der Waals surface area contributed by atoms with E-state index in [4.69, 9.17) is 9.47 Å². The number of anilines is 1. The van der Waals surface area contributed by atoms with E-state index in [1.54, 1.807) is 0 Å². The number of esters is 1. The second kappa shape index (κ2) is 8.16. The standard InChI is InChI=1S/C31H29NO3/c1-4-32(18-17-20(2)3)22-14-15-26-28(19-22)34-27-16-13-21-9-5-6-10-23(21)29(27)31(26)25-12-8-7-11-24(25)30(33)35-31/h5-16,19-20H,4,17-18H2,1-3H3. The third-order valence-corrected chi connectivity index (χ3v) is 7.30. The van der Waals surface area contributed by atoms with Crippen LogP contribution in [0.25, 0.3) is 10.8 Å². The van der Waals surface area contributed by atoms with E-state index in [2.05, 4.69) is 62.1 Å². The van der Waals surface area contributed by atoms with Crippen molar-refractivity contribution in [3.8, 4) is 11.5 Å². The molecule has 0 N–H and O–H groups in total. The fourth-order valence-electron chi connectivity index (χ4n) is 5.52. The van der Waals surface area contributed by atoms with Crippen LogP contribution in [0.5, 0.6) is 11.5 Å². The van der Waals surface area contributed by atoms with Crippen LogP contribution in [0.1, 0.15) is 54.2 Å². The van der Waals surface area contributed by atoms with Gasteiger partial charge in [-0.3, -0.25) is 0 Å². The summed E-state index contributed by atoms with van der Waals surface area (Å²) in [4.78, 5) is 15.6. The first kappa shape index (κ1) is 21.7. The van der Waals surface area contributed by atoms with Crippen LogP contribution in [0, 0.1) is 5.92 Å². The number of hydrogen-bond acceptors (Lipinski definition) is 4. The Bertz CT molecular complexity index is 1460. The molecule has 6 rings (SSSR count). The number of rotatable bonds is 5. The molecule has 0 saturated carbocycles. The van der Waals surface area contributed by atoms with Crippen molar-refractivity contribution in [3.05, 3.63) is 101 Å². The van der Waals surface area contributed by atoms with Gasteiger partial charge in [0.2, 0.25) is 0 Å². The van der Waals surface area contributed by atoms with Gasteiger partial charge in [-0.25, -0.2) is 4.79 Å². The van der Waals surface area contributed by atoms with E-state index < -0.39 is 5.60 Å². The molecular formula is C31H29NO3. The Morgan fingerprint density at radius 1 is 0.886 bits per heavy atom. The van der Waals surface area contributed by atoms with Gasteiger partial charge in [0.15, 0.2) is 5.60 Å². The zero-order valence-corrected chi connectivity index (χ0v) is 20.4. The van der Waals surface area contributed by atoms with Gasteiger partial charge >= 0.3 is 5.97 Å². The van der Waals surface area contributed by atoms with Crippen LogP contribution < -0.4 is 9.64 Å². The van der Waals surface area contributed by atoms with Crippen LogP contribution in [-0.2, 0) is 10.3 Å². The van der Waals surface area contributed by atoms with Crippen molar-refractivity contribution >= 4 is 22.4 Å². The molecule has 0 bridgehead atoms. The molecule has 0 radical (unpaired) electrons. The molecule has 0 amide bonds. The third kappa shape index (κ3) is 3.23. The summed E-state index contributed by atoms with van der Waals surface area (Å²) >= 11 is 0. The van der Waals surface area contributed by atoms with Gasteiger partial charge in [-0.15, -0.1) is 0 Å². The van der Waals surface area contributed by atoms with Crippen LogP contribution in [0.2, 0.25) is 0 Å². The van der Waals surface area contributed by atoms with Gasteiger partial charge < -0.3 is 14.4 Å². The summed E-state index contributed by atoms with van der Waals surface area (Å²) < 4.78 is 13.0. The molecule has 1 spiro atoms. The van der Waals surface area contributed by atoms with E-state index in [0.29, 0.717) is 11.5 Å². The van der Waals surface area contributed by atoms with Crippen molar-refractivity contribution in [2.24, 2.45) is 5.92 Å². The average molecular weight is 464 g/mol. The van der Waals surface area contributed by atoms with Crippen molar-refractivity contribution in [1.29, 1.82) is 0 Å². The maximum Gasteiger partial charge on any atom is 0.340 e. The number of hydrogen-bond donors (Lipinski definition) is 0. The third-order valence-electron chi connectivity index (χ3n) is 7.30. The van der Waals surface area contributed by atoms with E-state index in [1.807, 2.05) is 42.5 Å². The molecule has 4 nitrogen and oxygen atoms in total. The minimum absolute atomic E-state index is 0.302. The van der Waals surface area contributed by atoms with E-state index in [9.17, 15) is 4.79 Å². The lowest BCUT2D eigenvalue weighted by atomic mass is 9.76. The summed E-state index contributed by atoms with van der Waals surface area (Å²) in [5, 5.41) is 2.11. The highest BCUT2D eigenvalue weighted by atomic mass is 16.6. The first-order chi connectivity index (χ1) is 17.0. The Kier molecular flexibility index (Phi) is 5.06. The fourth-order valence-corrected chi connectivity index (χ4v) is 5.52. The zero-order chi connectivity index (χ0) is 24.2. The maximum atomic E-state index is 13.2. The molecule has 2 heterocycles. The smallest absolute Gasteiger partial charge is 0.340 e. The summed E-state index contributed by atoms with van der Waals surface area (Å²) in [6.45, 7) is 8.58. The van der Waals surface area contributed by atoms with E-state index in [0.717, 1.165) is 64.2 Å². The van der Waals surface area contributed by atoms with Gasteiger partial charge in [-0.05, 0) is 54.3 Å². The Hall–Kier alpha value is -3.79. The predicted molar refractivity (Wildman–Crippen MR) is 140 cm³/mol. The monoisotopic (exact) mass is 463 g/mol. The Morgan fingerprint density at radius 2 is 1.69 bits per heavy atom. The molecule has 2 aliphatic rings. The molecule has 4 aromatic rings. The van der Waals surface area contributed by atoms with Crippen LogP contribution in [-0.4, -0.2) is 19.1 Å². The molecule has 0 saturated heterocycles. The van der Waals surface area contributed by atoms with Gasteiger partial charge in [-0.1, -0.05) is 62.4 Å². The molecule has 176 valence electrons. The minimum atomic E-state index is -1.05. The van der Waals surface area contributed by atoms with Gasteiger partial charge in [0, 0.05) is 36.0 Å². The summed E-state index contributed by atoms with van der Waals surface area (Å²) in [6.07, 6.45) is 1.12. The zero-order valence-electron chi connectivity index (χ0n) is 20.4. The molecule has 4 heteroatoms. The largest absolute Gasteiger partial charge is 0.456 e. The first-order valence-corrected chi connectivity index (χ1v) is 12.5.